The summed E-state index contributed by atoms with van der Waals surface area (Å²) < 4.78 is 63.1. The van der Waals surface area contributed by atoms with Gasteiger partial charge in [0.2, 0.25) is 0 Å². The molecule has 0 radical (unpaired) electrons. The molecule has 1 heterocycles. The zero-order chi connectivity index (χ0) is 28.5. The summed E-state index contributed by atoms with van der Waals surface area (Å²) in [7, 11) is -1.35. The smallest absolute Gasteiger partial charge is 0.338 e. The van der Waals surface area contributed by atoms with E-state index in [1.165, 1.54) is 38.5 Å². The van der Waals surface area contributed by atoms with Gasteiger partial charge in [-0.3, -0.25) is 4.72 Å². The van der Waals surface area contributed by atoms with Crippen molar-refractivity contribution in [1.29, 1.82) is 0 Å². The van der Waals surface area contributed by atoms with Crippen LogP contribution in [0, 0.1) is 6.92 Å². The van der Waals surface area contributed by atoms with Crippen LogP contribution in [0.1, 0.15) is 35.2 Å². The maximum Gasteiger partial charge on any atom is 0.338 e. The highest BCUT2D eigenvalue weighted by Crippen LogP contribution is 2.43. The van der Waals surface area contributed by atoms with E-state index in [4.69, 9.17) is 28.4 Å². The molecule has 0 aliphatic carbocycles. The van der Waals surface area contributed by atoms with Gasteiger partial charge in [-0.25, -0.2) is 13.2 Å². The van der Waals surface area contributed by atoms with Gasteiger partial charge in [-0.15, -0.1) is 0 Å². The second-order valence-corrected chi connectivity index (χ2v) is 10.7. The van der Waals surface area contributed by atoms with Crippen LogP contribution in [0.2, 0.25) is 0 Å². The van der Waals surface area contributed by atoms with Crippen molar-refractivity contribution in [2.24, 2.45) is 0 Å². The fourth-order valence-electron chi connectivity index (χ4n) is 4.03. The van der Waals surface area contributed by atoms with Crippen molar-refractivity contribution < 1.29 is 41.6 Å². The van der Waals surface area contributed by atoms with Crippen molar-refractivity contribution in [2.45, 2.75) is 37.4 Å². The Labute approximate surface area is 234 Å². The Hall–Kier alpha value is -3.80. The molecule has 10 nitrogen and oxygen atoms in total. The molecule has 0 amide bonds. The summed E-state index contributed by atoms with van der Waals surface area (Å²) in [5, 5.41) is 0. The third-order valence-corrected chi connectivity index (χ3v) is 7.50. The van der Waals surface area contributed by atoms with Crippen molar-refractivity contribution in [3.63, 3.8) is 0 Å². The lowest BCUT2D eigenvalue weighted by Gasteiger charge is -2.23. The lowest BCUT2D eigenvalue weighted by molar-refractivity contribution is -0.165. The van der Waals surface area contributed by atoms with Crippen LogP contribution in [0.3, 0.4) is 0 Å². The summed E-state index contributed by atoms with van der Waals surface area (Å²) in [4.78, 5) is 12.6. The van der Waals surface area contributed by atoms with Gasteiger partial charge in [0.15, 0.2) is 29.3 Å². The van der Waals surface area contributed by atoms with Gasteiger partial charge in [0.1, 0.15) is 6.61 Å². The average molecular weight is 572 g/mol. The zero-order valence-electron chi connectivity index (χ0n) is 22.7. The Balaban J connectivity index is 1.71. The van der Waals surface area contributed by atoms with E-state index in [1.807, 2.05) is 6.92 Å². The number of methoxy groups -OCH3 is 2. The number of hydrogen-bond donors (Lipinski definition) is 1. The lowest BCUT2D eigenvalue weighted by Crippen LogP contribution is -2.24. The van der Waals surface area contributed by atoms with Crippen molar-refractivity contribution in [1.82, 2.24) is 0 Å². The lowest BCUT2D eigenvalue weighted by atomic mass is 10.1. The Morgan fingerprint density at radius 1 is 0.975 bits per heavy atom. The Bertz CT molecular complexity index is 1400. The first-order valence-corrected chi connectivity index (χ1v) is 14.3. The number of benzene rings is 3. The fourth-order valence-corrected chi connectivity index (χ4v) is 5.09. The van der Waals surface area contributed by atoms with E-state index in [9.17, 15) is 13.2 Å². The molecule has 11 heteroatoms. The number of sulfonamides is 1. The monoisotopic (exact) mass is 571 g/mol. The number of carbonyl (C=O) groups is 1. The number of ether oxygens (including phenoxy) is 6. The average Bonchev–Trinajstić information content (AvgIpc) is 2.97. The van der Waals surface area contributed by atoms with Gasteiger partial charge in [-0.05, 0) is 62.6 Å². The summed E-state index contributed by atoms with van der Waals surface area (Å²) in [5.41, 5.74) is 0.937. The van der Waals surface area contributed by atoms with Crippen LogP contribution < -0.4 is 18.9 Å². The van der Waals surface area contributed by atoms with E-state index < -0.39 is 16.0 Å². The number of esters is 1. The summed E-state index contributed by atoms with van der Waals surface area (Å²) in [5.74, 6) is 0.167. The highest BCUT2D eigenvalue weighted by atomic mass is 32.2. The highest BCUT2D eigenvalue weighted by molar-refractivity contribution is 7.92. The largest absolute Gasteiger partial charge is 0.493 e. The third kappa shape index (κ3) is 7.44. The van der Waals surface area contributed by atoms with Crippen molar-refractivity contribution in [3.05, 3.63) is 71.8 Å². The predicted molar refractivity (Wildman–Crippen MR) is 148 cm³/mol. The van der Waals surface area contributed by atoms with E-state index in [1.54, 1.807) is 36.4 Å². The summed E-state index contributed by atoms with van der Waals surface area (Å²) >= 11 is 0. The van der Waals surface area contributed by atoms with Gasteiger partial charge in [0.05, 0.1) is 37.0 Å². The molecule has 0 bridgehead atoms. The number of aryl methyl sites for hydroxylation is 1. The molecule has 4 rings (SSSR count). The van der Waals surface area contributed by atoms with Gasteiger partial charge in [-0.2, -0.15) is 0 Å². The van der Waals surface area contributed by atoms with Crippen LogP contribution in [-0.2, 0) is 24.2 Å². The molecule has 0 spiro atoms. The Kier molecular flexibility index (Phi) is 9.86. The number of carbonyl (C=O) groups excluding carboxylic acids is 1. The molecule has 40 heavy (non-hydrogen) atoms. The van der Waals surface area contributed by atoms with Crippen molar-refractivity contribution in [2.75, 3.05) is 38.8 Å². The molecule has 214 valence electrons. The Morgan fingerprint density at radius 3 is 2.40 bits per heavy atom. The third-order valence-electron chi connectivity index (χ3n) is 6.12. The van der Waals surface area contributed by atoms with Gasteiger partial charge in [-0.1, -0.05) is 29.8 Å². The second kappa shape index (κ2) is 13.5. The molecule has 0 aromatic heterocycles. The molecule has 1 atom stereocenters. The molecule has 1 aliphatic heterocycles. The van der Waals surface area contributed by atoms with E-state index >= 15 is 0 Å². The van der Waals surface area contributed by atoms with Gasteiger partial charge in [0, 0.05) is 6.61 Å². The van der Waals surface area contributed by atoms with Crippen LogP contribution in [0.15, 0.2) is 65.6 Å². The quantitative estimate of drug-likeness (QED) is 0.228. The minimum atomic E-state index is -4.08. The van der Waals surface area contributed by atoms with E-state index in [0.29, 0.717) is 18.1 Å². The minimum absolute atomic E-state index is 0.0269. The summed E-state index contributed by atoms with van der Waals surface area (Å²) in [6.45, 7) is 2.78. The first-order valence-electron chi connectivity index (χ1n) is 12.8. The van der Waals surface area contributed by atoms with Gasteiger partial charge >= 0.3 is 5.97 Å². The molecular formula is C29H33NO9S. The van der Waals surface area contributed by atoms with E-state index in [2.05, 4.69) is 4.72 Å². The molecule has 0 saturated carbocycles. The SMILES string of the molecule is COC(=O)c1cc(NS(=O)(=O)c2ccc(C)cc2)c(Oc2ccccc2OC)c(OCCOC2CCCCO2)c1. The fraction of sp³-hybridized carbons (Fsp3) is 0.345. The molecule has 3 aromatic rings. The summed E-state index contributed by atoms with van der Waals surface area (Å²) in [6, 6.07) is 16.0. The summed E-state index contributed by atoms with van der Waals surface area (Å²) in [6.07, 6.45) is 2.51. The topological polar surface area (TPSA) is 119 Å². The van der Waals surface area contributed by atoms with E-state index in [-0.39, 0.29) is 47.1 Å². The number of anilines is 1. The van der Waals surface area contributed by atoms with Gasteiger partial charge < -0.3 is 28.4 Å². The first kappa shape index (κ1) is 29.2. The maximum atomic E-state index is 13.4. The van der Waals surface area contributed by atoms with Crippen LogP contribution in [0.4, 0.5) is 5.69 Å². The standard InChI is InChI=1S/C29H33NO9S/c1-20-11-13-22(14-12-20)40(32,33)30-23-18-21(29(31)35-3)19-26(36-16-17-38-27-10-6-7-15-37-27)28(23)39-25-9-5-4-8-24(25)34-2/h4-5,8-9,11-14,18-19,27,30H,6-7,10,15-17H2,1-3H3. The molecule has 1 saturated heterocycles. The number of nitrogens with one attached hydrogen (secondary N) is 1. The molecule has 1 N–H and O–H groups in total. The maximum absolute atomic E-state index is 13.4. The van der Waals surface area contributed by atoms with Crippen LogP contribution in [0.5, 0.6) is 23.0 Å². The van der Waals surface area contributed by atoms with E-state index in [0.717, 1.165) is 24.8 Å². The number of hydrogen-bond acceptors (Lipinski definition) is 9. The van der Waals surface area contributed by atoms with Crippen LogP contribution in [0.25, 0.3) is 0 Å². The molecule has 1 unspecified atom stereocenters. The van der Waals surface area contributed by atoms with Crippen LogP contribution in [-0.4, -0.2) is 54.7 Å². The molecule has 1 fully saturated rings. The van der Waals surface area contributed by atoms with Gasteiger partial charge in [0.25, 0.3) is 10.0 Å². The van der Waals surface area contributed by atoms with Crippen molar-refractivity contribution in [3.8, 4) is 23.0 Å². The first-order chi connectivity index (χ1) is 19.3. The molecule has 3 aromatic carbocycles. The molecular weight excluding hydrogens is 538 g/mol. The van der Waals surface area contributed by atoms with Crippen molar-refractivity contribution >= 4 is 21.7 Å². The minimum Gasteiger partial charge on any atom is -0.493 e. The number of para-hydroxylation sites is 2. The normalized spacial score (nSPS) is 15.2. The Morgan fingerprint density at radius 2 is 1.73 bits per heavy atom. The number of rotatable bonds is 12. The molecule has 1 aliphatic rings. The van der Waals surface area contributed by atoms with Crippen LogP contribution >= 0.6 is 0 Å². The zero-order valence-corrected chi connectivity index (χ0v) is 23.5. The highest BCUT2D eigenvalue weighted by Gasteiger charge is 2.24. The predicted octanol–water partition coefficient (Wildman–Crippen LogP) is 5.31. The second-order valence-electron chi connectivity index (χ2n) is 9.03.